The fraction of sp³-hybridized carbons (Fsp3) is 0.824. The smallest absolute Gasteiger partial charge is 0.411 e. The molecular formula is C34H54N2O10. The fourth-order valence-electron chi connectivity index (χ4n) is 8.10. The molecule has 12 nitrogen and oxygen atoms in total. The summed E-state index contributed by atoms with van der Waals surface area (Å²) in [6, 6.07) is -1.000. The molecule has 0 radical (unpaired) electrons. The molecule has 13 atom stereocenters. The number of likely N-dealkylation sites (N-methyl/N-ethyl adjacent to an activating group) is 1. The Bertz CT molecular complexity index is 1190. The van der Waals surface area contributed by atoms with Crippen molar-refractivity contribution >= 4 is 23.6 Å². The first-order chi connectivity index (χ1) is 21.5. The lowest BCUT2D eigenvalue weighted by Gasteiger charge is -2.47. The van der Waals surface area contributed by atoms with Gasteiger partial charge in [-0.05, 0) is 61.1 Å². The molecule has 12 heteroatoms. The molecular weight excluding hydrogens is 596 g/mol. The second kappa shape index (κ2) is 14.0. The number of hydrogen-bond acceptors (Lipinski definition) is 11. The van der Waals surface area contributed by atoms with E-state index >= 15 is 0 Å². The Morgan fingerprint density at radius 3 is 2.33 bits per heavy atom. The number of esters is 1. The third-order valence-corrected chi connectivity index (χ3v) is 10.7. The minimum absolute atomic E-state index is 0.0958. The highest BCUT2D eigenvalue weighted by Gasteiger charge is 2.60. The maximum Gasteiger partial charge on any atom is 0.411 e. The number of nitrogens with zero attached hydrogens (tertiary/aromatic N) is 2. The minimum Gasteiger partial charge on any atom is -0.458 e. The maximum absolute atomic E-state index is 14.3. The number of aliphatic hydroxyl groups excluding tert-OH is 1. The first-order valence-electron chi connectivity index (χ1n) is 16.7. The number of ether oxygens (including phenoxy) is 5. The fourth-order valence-corrected chi connectivity index (χ4v) is 8.10. The van der Waals surface area contributed by atoms with Crippen LogP contribution in [0.5, 0.6) is 0 Å². The molecule has 260 valence electrons. The average Bonchev–Trinajstić information content (AvgIpc) is 3.25. The van der Waals surface area contributed by atoms with Gasteiger partial charge in [-0.25, -0.2) is 4.79 Å². The maximum atomic E-state index is 14.3. The topological polar surface area (TPSA) is 141 Å². The van der Waals surface area contributed by atoms with Crippen LogP contribution in [0.4, 0.5) is 4.79 Å². The van der Waals surface area contributed by atoms with Gasteiger partial charge in [-0.15, -0.1) is 0 Å². The van der Waals surface area contributed by atoms with Gasteiger partial charge in [-0.1, -0.05) is 39.8 Å². The van der Waals surface area contributed by atoms with E-state index in [9.17, 15) is 24.3 Å². The summed E-state index contributed by atoms with van der Waals surface area (Å²) in [5.41, 5.74) is -2.58. The number of hydrogen-bond donors (Lipinski definition) is 1. The lowest BCUT2D eigenvalue weighted by Crippen LogP contribution is -2.60. The summed E-state index contributed by atoms with van der Waals surface area (Å²) in [7, 11) is 3.75. The van der Waals surface area contributed by atoms with E-state index in [-0.39, 0.29) is 37.5 Å². The van der Waals surface area contributed by atoms with Gasteiger partial charge in [0.15, 0.2) is 17.7 Å². The lowest BCUT2D eigenvalue weighted by molar-refractivity contribution is -0.296. The molecule has 1 amide bonds. The molecule has 0 aliphatic carbocycles. The first kappa shape index (κ1) is 36.5. The number of fused-ring (bicyclic) bond motifs is 4. The zero-order valence-electron chi connectivity index (χ0n) is 29.1. The van der Waals surface area contributed by atoms with Gasteiger partial charge >= 0.3 is 12.1 Å². The van der Waals surface area contributed by atoms with Gasteiger partial charge in [-0.2, -0.15) is 0 Å². The van der Waals surface area contributed by atoms with Gasteiger partial charge in [-0.3, -0.25) is 19.3 Å². The Labute approximate surface area is 273 Å². The van der Waals surface area contributed by atoms with Crippen molar-refractivity contribution in [2.45, 2.75) is 129 Å². The molecule has 4 aliphatic heterocycles. The SMILES string of the molecule is CC[C@H]1OC(=O)[C@H](C)C(=O)[C@H](C)[C@@H](O[C@@H]2O[C@H](C)C[C@H](N(C)C)[C@H]2O)[C@@]2(C)C[C@@H](C)C(=O)[C@@H](C)[C@@H]3N(C/C=C\CO2)C(=O)O[C@@]31C. The largest absolute Gasteiger partial charge is 0.458 e. The van der Waals surface area contributed by atoms with Crippen LogP contribution in [0.2, 0.25) is 0 Å². The number of cyclic esters (lactones) is 1. The van der Waals surface area contributed by atoms with E-state index in [2.05, 4.69) is 0 Å². The number of ketones is 2. The Morgan fingerprint density at radius 2 is 1.70 bits per heavy atom. The summed E-state index contributed by atoms with van der Waals surface area (Å²) in [6.07, 6.45) is -0.293. The predicted octanol–water partition coefficient (Wildman–Crippen LogP) is 3.13. The van der Waals surface area contributed by atoms with Crippen LogP contribution in [0.1, 0.15) is 74.7 Å². The van der Waals surface area contributed by atoms with Crippen molar-refractivity contribution < 1.29 is 48.0 Å². The van der Waals surface area contributed by atoms with Crippen molar-refractivity contribution in [2.24, 2.45) is 23.7 Å². The van der Waals surface area contributed by atoms with Crippen molar-refractivity contribution in [3.05, 3.63) is 12.2 Å². The molecule has 0 spiro atoms. The van der Waals surface area contributed by atoms with Gasteiger partial charge in [0.2, 0.25) is 0 Å². The standard InChI is InChI=1S/C34H54N2O10/c1-11-24-34(8)28-20(4)25(37)18(2)17-33(7,42-15-13-12-14-36(28)32(41)46-34)29(21(5)26(38)22(6)30(40)44-24)45-31-27(39)23(35(9)10)16-19(3)43-31/h12-13,18-24,27-29,31,39H,11,14-17H2,1-10H3/b13-12-/t18-,19-,20-,21+,22-,23+,24-,27-,28+,29-,31+,33-,34-/m1/s1. The van der Waals surface area contributed by atoms with E-state index < -0.39 is 83.4 Å². The Balaban J connectivity index is 1.87. The molecule has 3 saturated heterocycles. The highest BCUT2D eigenvalue weighted by Crippen LogP contribution is 2.43. The molecule has 3 fully saturated rings. The lowest BCUT2D eigenvalue weighted by atomic mass is 9.73. The van der Waals surface area contributed by atoms with Crippen LogP contribution in [0, 0.1) is 23.7 Å². The molecule has 2 bridgehead atoms. The summed E-state index contributed by atoms with van der Waals surface area (Å²) in [5, 5.41) is 11.4. The summed E-state index contributed by atoms with van der Waals surface area (Å²) >= 11 is 0. The van der Waals surface area contributed by atoms with E-state index in [1.54, 1.807) is 39.8 Å². The van der Waals surface area contributed by atoms with Crippen LogP contribution in [0.25, 0.3) is 0 Å². The van der Waals surface area contributed by atoms with Crippen molar-refractivity contribution in [2.75, 3.05) is 27.2 Å². The minimum atomic E-state index is -1.34. The Hall–Kier alpha value is -2.38. The Morgan fingerprint density at radius 1 is 1.02 bits per heavy atom. The first-order valence-corrected chi connectivity index (χ1v) is 16.7. The number of carbonyl (C=O) groups is 4. The van der Waals surface area contributed by atoms with E-state index in [4.69, 9.17) is 23.7 Å². The molecule has 0 saturated carbocycles. The van der Waals surface area contributed by atoms with E-state index in [1.807, 2.05) is 39.8 Å². The summed E-state index contributed by atoms with van der Waals surface area (Å²) in [4.78, 5) is 58.8. The monoisotopic (exact) mass is 650 g/mol. The van der Waals surface area contributed by atoms with Crippen LogP contribution in [-0.2, 0) is 38.1 Å². The molecule has 4 aliphatic rings. The van der Waals surface area contributed by atoms with E-state index in [0.717, 1.165) is 0 Å². The normalized spacial score (nSPS) is 45.3. The second-order valence-corrected chi connectivity index (χ2v) is 14.4. The molecule has 46 heavy (non-hydrogen) atoms. The number of carbonyl (C=O) groups excluding carboxylic acids is 4. The van der Waals surface area contributed by atoms with Crippen molar-refractivity contribution in [3.63, 3.8) is 0 Å². The third kappa shape index (κ3) is 6.78. The molecule has 0 unspecified atom stereocenters. The predicted molar refractivity (Wildman–Crippen MR) is 168 cm³/mol. The number of Topliss-reactive ketones (excluding diaryl/α,β-unsaturated/α-hetero) is 2. The molecule has 0 aromatic carbocycles. The highest BCUT2D eigenvalue weighted by atomic mass is 16.7. The van der Waals surface area contributed by atoms with Crippen molar-refractivity contribution in [1.29, 1.82) is 0 Å². The molecule has 0 aromatic rings. The van der Waals surface area contributed by atoms with Crippen molar-refractivity contribution in [3.8, 4) is 0 Å². The molecule has 1 N–H and O–H groups in total. The van der Waals surface area contributed by atoms with Crippen molar-refractivity contribution in [1.82, 2.24) is 9.80 Å². The molecule has 4 heterocycles. The summed E-state index contributed by atoms with van der Waals surface area (Å²) in [6.45, 7) is 14.2. The second-order valence-electron chi connectivity index (χ2n) is 14.4. The van der Waals surface area contributed by atoms with Crippen LogP contribution < -0.4 is 0 Å². The third-order valence-electron chi connectivity index (χ3n) is 10.7. The summed E-state index contributed by atoms with van der Waals surface area (Å²) in [5.74, 6) is -4.73. The van der Waals surface area contributed by atoms with Gasteiger partial charge in [0.05, 0.1) is 30.5 Å². The number of amides is 1. The van der Waals surface area contributed by atoms with Gasteiger partial charge < -0.3 is 33.7 Å². The molecule has 4 rings (SSSR count). The van der Waals surface area contributed by atoms with E-state index in [0.29, 0.717) is 12.8 Å². The highest BCUT2D eigenvalue weighted by molar-refractivity contribution is 6.00. The van der Waals surface area contributed by atoms with Crippen LogP contribution >= 0.6 is 0 Å². The van der Waals surface area contributed by atoms with E-state index in [1.165, 1.54) is 11.8 Å². The number of rotatable bonds is 4. The van der Waals surface area contributed by atoms with Crippen LogP contribution in [0.15, 0.2) is 12.2 Å². The average molecular weight is 651 g/mol. The van der Waals surface area contributed by atoms with Gasteiger partial charge in [0, 0.05) is 30.3 Å². The summed E-state index contributed by atoms with van der Waals surface area (Å²) < 4.78 is 31.2. The van der Waals surface area contributed by atoms with Gasteiger partial charge in [0.1, 0.15) is 23.9 Å². The quantitative estimate of drug-likeness (QED) is 0.273. The van der Waals surface area contributed by atoms with Crippen LogP contribution in [0.3, 0.4) is 0 Å². The zero-order valence-corrected chi connectivity index (χ0v) is 29.1. The zero-order chi connectivity index (χ0) is 34.3. The molecule has 0 aromatic heterocycles. The Kier molecular flexibility index (Phi) is 11.1. The van der Waals surface area contributed by atoms with Gasteiger partial charge in [0.25, 0.3) is 0 Å². The number of aliphatic hydroxyl groups is 1. The van der Waals surface area contributed by atoms with Crippen LogP contribution in [-0.4, -0.2) is 120 Å².